The molecule has 0 atom stereocenters. The summed E-state index contributed by atoms with van der Waals surface area (Å²) >= 11 is 0. The van der Waals surface area contributed by atoms with Crippen LogP contribution in [0.4, 0.5) is 0 Å². The lowest BCUT2D eigenvalue weighted by molar-refractivity contribution is 0.491. The van der Waals surface area contributed by atoms with Crippen molar-refractivity contribution in [2.75, 3.05) is 0 Å². The number of para-hydroxylation sites is 1. The van der Waals surface area contributed by atoms with Crippen molar-refractivity contribution in [3.8, 4) is 0 Å². The summed E-state index contributed by atoms with van der Waals surface area (Å²) in [6.45, 7) is 5.84. The van der Waals surface area contributed by atoms with Crippen molar-refractivity contribution < 1.29 is 0 Å². The zero-order chi connectivity index (χ0) is 10.8. The number of benzene rings is 1. The molecular weight excluding hydrogens is 186 g/mol. The average Bonchev–Trinajstić information content (AvgIpc) is 2.56. The highest BCUT2D eigenvalue weighted by Gasteiger charge is 2.08. The van der Waals surface area contributed by atoms with E-state index in [2.05, 4.69) is 35.8 Å². The molecule has 0 saturated heterocycles. The summed E-state index contributed by atoms with van der Waals surface area (Å²) in [6, 6.07) is 8.26. The van der Waals surface area contributed by atoms with Crippen LogP contribution in [0.5, 0.6) is 0 Å². The maximum Gasteiger partial charge on any atom is 0.0838 e. The molecule has 3 nitrogen and oxygen atoms in total. The van der Waals surface area contributed by atoms with Gasteiger partial charge in [0.15, 0.2) is 0 Å². The smallest absolute Gasteiger partial charge is 0.0838 e. The molecule has 0 fully saturated rings. The molecule has 0 unspecified atom stereocenters. The lowest BCUT2D eigenvalue weighted by Crippen LogP contribution is -2.07. The third-order valence-corrected chi connectivity index (χ3v) is 2.47. The Morgan fingerprint density at radius 2 is 2.07 bits per heavy atom. The van der Waals surface area contributed by atoms with E-state index in [1.165, 1.54) is 10.9 Å². The first-order chi connectivity index (χ1) is 7.22. The second kappa shape index (κ2) is 4.03. The molecule has 15 heavy (non-hydrogen) atoms. The zero-order valence-electron chi connectivity index (χ0n) is 9.27. The summed E-state index contributed by atoms with van der Waals surface area (Å²) < 4.78 is 2.06. The number of nitrogens with two attached hydrogens (primary N) is 1. The van der Waals surface area contributed by atoms with Crippen molar-refractivity contribution in [2.45, 2.75) is 26.9 Å². The highest BCUT2D eigenvalue weighted by molar-refractivity contribution is 5.81. The highest BCUT2D eigenvalue weighted by atomic mass is 15.3. The van der Waals surface area contributed by atoms with E-state index in [1.807, 2.05) is 12.1 Å². The van der Waals surface area contributed by atoms with Gasteiger partial charge in [-0.15, -0.1) is 0 Å². The topological polar surface area (TPSA) is 43.8 Å². The first kappa shape index (κ1) is 10.2. The molecule has 0 aliphatic carbocycles. The average molecular weight is 203 g/mol. The molecule has 1 aromatic carbocycles. The van der Waals surface area contributed by atoms with E-state index >= 15 is 0 Å². The molecule has 80 valence electrons. The van der Waals surface area contributed by atoms with E-state index in [0.717, 1.165) is 12.2 Å². The van der Waals surface area contributed by atoms with Gasteiger partial charge >= 0.3 is 0 Å². The fourth-order valence-corrected chi connectivity index (χ4v) is 1.83. The Kier molecular flexibility index (Phi) is 2.73. The third kappa shape index (κ3) is 1.88. The molecule has 0 bridgehead atoms. The minimum absolute atomic E-state index is 0.506. The Hall–Kier alpha value is -1.35. The lowest BCUT2D eigenvalue weighted by Gasteiger charge is -2.05. The van der Waals surface area contributed by atoms with Crippen LogP contribution in [0.25, 0.3) is 10.9 Å². The number of hydrogen-bond donors (Lipinski definition) is 1. The summed E-state index contributed by atoms with van der Waals surface area (Å²) in [5, 5.41) is 5.72. The van der Waals surface area contributed by atoms with E-state index in [1.54, 1.807) is 0 Å². The van der Waals surface area contributed by atoms with Crippen LogP contribution in [0.15, 0.2) is 24.3 Å². The van der Waals surface area contributed by atoms with Gasteiger partial charge in [-0.05, 0) is 12.0 Å². The molecule has 1 heterocycles. The van der Waals surface area contributed by atoms with Gasteiger partial charge < -0.3 is 5.73 Å². The number of fused-ring (bicyclic) bond motifs is 1. The summed E-state index contributed by atoms with van der Waals surface area (Å²) in [5.74, 6) is 0.596. The zero-order valence-corrected chi connectivity index (χ0v) is 9.27. The molecule has 2 aromatic rings. The van der Waals surface area contributed by atoms with E-state index in [4.69, 9.17) is 5.73 Å². The van der Waals surface area contributed by atoms with Crippen LogP contribution in [0.1, 0.15) is 19.5 Å². The first-order valence-electron chi connectivity index (χ1n) is 5.37. The SMILES string of the molecule is CC(C)Cn1nc(CN)c2ccccc21. The van der Waals surface area contributed by atoms with Crippen LogP contribution < -0.4 is 5.73 Å². The van der Waals surface area contributed by atoms with Gasteiger partial charge in [0.2, 0.25) is 0 Å². The van der Waals surface area contributed by atoms with E-state index in [9.17, 15) is 0 Å². The van der Waals surface area contributed by atoms with Crippen molar-refractivity contribution in [1.82, 2.24) is 9.78 Å². The second-order valence-electron chi connectivity index (χ2n) is 4.24. The molecule has 0 spiro atoms. The lowest BCUT2D eigenvalue weighted by atomic mass is 10.2. The summed E-state index contributed by atoms with van der Waals surface area (Å²) in [7, 11) is 0. The van der Waals surface area contributed by atoms with Crippen molar-refractivity contribution in [3.05, 3.63) is 30.0 Å². The quantitative estimate of drug-likeness (QED) is 0.830. The largest absolute Gasteiger partial charge is 0.325 e. The Balaban J connectivity index is 2.55. The van der Waals surface area contributed by atoms with E-state index < -0.39 is 0 Å². The minimum Gasteiger partial charge on any atom is -0.325 e. The van der Waals surface area contributed by atoms with Gasteiger partial charge in [0.1, 0.15) is 0 Å². The van der Waals surface area contributed by atoms with Crippen LogP contribution in [0.2, 0.25) is 0 Å². The molecule has 1 aromatic heterocycles. The maximum absolute atomic E-state index is 5.68. The normalized spacial score (nSPS) is 11.5. The molecule has 2 rings (SSSR count). The molecule has 0 aliphatic heterocycles. The summed E-state index contributed by atoms with van der Waals surface area (Å²) in [4.78, 5) is 0. The Labute approximate surface area is 89.9 Å². The molecule has 2 N–H and O–H groups in total. The van der Waals surface area contributed by atoms with Gasteiger partial charge in [0, 0.05) is 18.5 Å². The molecular formula is C12H17N3. The standard InChI is InChI=1S/C12H17N3/c1-9(2)8-15-12-6-4-3-5-10(12)11(7-13)14-15/h3-6,9H,7-8,13H2,1-2H3. The Morgan fingerprint density at radius 1 is 1.33 bits per heavy atom. The van der Waals surface area contributed by atoms with Crippen LogP contribution >= 0.6 is 0 Å². The predicted octanol–water partition coefficient (Wildman–Crippen LogP) is 2.15. The van der Waals surface area contributed by atoms with Gasteiger partial charge in [-0.1, -0.05) is 32.0 Å². The van der Waals surface area contributed by atoms with Crippen LogP contribution in [-0.2, 0) is 13.1 Å². The first-order valence-corrected chi connectivity index (χ1v) is 5.37. The van der Waals surface area contributed by atoms with Gasteiger partial charge in [-0.2, -0.15) is 5.10 Å². The van der Waals surface area contributed by atoms with Crippen molar-refractivity contribution in [2.24, 2.45) is 11.7 Å². The fraction of sp³-hybridized carbons (Fsp3) is 0.417. The molecule has 0 aliphatic rings. The monoisotopic (exact) mass is 203 g/mol. The molecule has 0 saturated carbocycles. The predicted molar refractivity (Wildman–Crippen MR) is 62.5 cm³/mol. The van der Waals surface area contributed by atoms with E-state index in [-0.39, 0.29) is 0 Å². The Morgan fingerprint density at radius 3 is 2.73 bits per heavy atom. The highest BCUT2D eigenvalue weighted by Crippen LogP contribution is 2.18. The van der Waals surface area contributed by atoms with Gasteiger partial charge in [0.05, 0.1) is 11.2 Å². The fourth-order valence-electron chi connectivity index (χ4n) is 1.83. The third-order valence-electron chi connectivity index (χ3n) is 2.47. The van der Waals surface area contributed by atoms with Crippen LogP contribution in [-0.4, -0.2) is 9.78 Å². The molecule has 0 radical (unpaired) electrons. The maximum atomic E-state index is 5.68. The van der Waals surface area contributed by atoms with E-state index in [0.29, 0.717) is 12.5 Å². The van der Waals surface area contributed by atoms with Crippen LogP contribution in [0.3, 0.4) is 0 Å². The van der Waals surface area contributed by atoms with Crippen molar-refractivity contribution >= 4 is 10.9 Å². The van der Waals surface area contributed by atoms with Crippen LogP contribution in [0, 0.1) is 5.92 Å². The van der Waals surface area contributed by atoms with Gasteiger partial charge in [-0.3, -0.25) is 4.68 Å². The summed E-state index contributed by atoms with van der Waals surface area (Å²) in [6.07, 6.45) is 0. The molecule has 0 amide bonds. The number of hydrogen-bond acceptors (Lipinski definition) is 2. The number of nitrogens with zero attached hydrogens (tertiary/aromatic N) is 2. The van der Waals surface area contributed by atoms with Crippen molar-refractivity contribution in [3.63, 3.8) is 0 Å². The number of rotatable bonds is 3. The van der Waals surface area contributed by atoms with Gasteiger partial charge in [0.25, 0.3) is 0 Å². The van der Waals surface area contributed by atoms with Gasteiger partial charge in [-0.25, -0.2) is 0 Å². The number of aromatic nitrogens is 2. The minimum atomic E-state index is 0.506. The molecule has 3 heteroatoms. The van der Waals surface area contributed by atoms with Crippen molar-refractivity contribution in [1.29, 1.82) is 0 Å². The summed E-state index contributed by atoms with van der Waals surface area (Å²) in [5.41, 5.74) is 7.86. The Bertz CT molecular complexity index is 457. The second-order valence-corrected chi connectivity index (χ2v) is 4.24.